The van der Waals surface area contributed by atoms with Crippen molar-refractivity contribution < 1.29 is 9.00 Å². The molecule has 0 saturated heterocycles. The smallest absolute Gasteiger partial charge is 0.251 e. The summed E-state index contributed by atoms with van der Waals surface area (Å²) in [5.41, 5.74) is 5.15. The monoisotopic (exact) mass is 340 g/mol. The van der Waals surface area contributed by atoms with E-state index in [1.54, 1.807) is 30.5 Å². The minimum absolute atomic E-state index is 0.134. The number of benzene rings is 2. The summed E-state index contributed by atoms with van der Waals surface area (Å²) in [6.07, 6.45) is 1.62. The number of aryl methyl sites for hydroxylation is 2. The number of hydrogen-bond donors (Lipinski definition) is 2. The third kappa shape index (κ3) is 3.26. The molecule has 1 amide bonds. The number of hydrogen-bond acceptors (Lipinski definition) is 2. The zero-order valence-corrected chi connectivity index (χ0v) is 14.8. The summed E-state index contributed by atoms with van der Waals surface area (Å²) in [4.78, 5) is 16.3. The Morgan fingerprint density at radius 2 is 1.83 bits per heavy atom. The number of carbonyl (C=O) groups excluding carboxylic acids is 1. The van der Waals surface area contributed by atoms with Crippen molar-refractivity contribution in [3.05, 3.63) is 64.8 Å². The topological polar surface area (TPSA) is 62.0 Å². The van der Waals surface area contributed by atoms with E-state index in [4.69, 9.17) is 0 Å². The standard InChI is InChI=1S/C19H20N2O2S/c1-12-13(2)21-18-9-4-14(10-17(12)18)11-20-19(22)15-5-7-16(8-6-15)24(3)23/h4-10,21H,11H2,1-3H3,(H,20,22)/t24-/m0/s1. The molecule has 0 bridgehead atoms. The number of amides is 1. The fourth-order valence-electron chi connectivity index (χ4n) is 2.70. The van der Waals surface area contributed by atoms with Crippen molar-refractivity contribution in [1.29, 1.82) is 0 Å². The second kappa shape index (κ2) is 6.61. The number of rotatable bonds is 4. The Labute approximate surface area is 143 Å². The maximum absolute atomic E-state index is 12.2. The number of fused-ring (bicyclic) bond motifs is 1. The number of carbonyl (C=O) groups is 1. The molecule has 2 aromatic carbocycles. The first-order valence-corrected chi connectivity index (χ1v) is 9.31. The van der Waals surface area contributed by atoms with Gasteiger partial charge in [-0.15, -0.1) is 0 Å². The van der Waals surface area contributed by atoms with E-state index in [1.165, 1.54) is 16.6 Å². The van der Waals surface area contributed by atoms with Crippen LogP contribution < -0.4 is 5.32 Å². The predicted octanol–water partition coefficient (Wildman–Crippen LogP) is 3.45. The summed E-state index contributed by atoms with van der Waals surface area (Å²) >= 11 is 0. The van der Waals surface area contributed by atoms with Crippen LogP contribution in [0.1, 0.15) is 27.2 Å². The summed E-state index contributed by atoms with van der Waals surface area (Å²) < 4.78 is 11.4. The zero-order valence-electron chi connectivity index (χ0n) is 14.0. The Morgan fingerprint density at radius 1 is 1.12 bits per heavy atom. The van der Waals surface area contributed by atoms with E-state index in [9.17, 15) is 9.00 Å². The Kier molecular flexibility index (Phi) is 4.53. The zero-order chi connectivity index (χ0) is 17.3. The minimum Gasteiger partial charge on any atom is -0.358 e. The van der Waals surface area contributed by atoms with Gasteiger partial charge < -0.3 is 10.3 Å². The molecule has 5 heteroatoms. The van der Waals surface area contributed by atoms with Crippen molar-refractivity contribution in [3.8, 4) is 0 Å². The van der Waals surface area contributed by atoms with Gasteiger partial charge in [-0.25, -0.2) is 0 Å². The fraction of sp³-hybridized carbons (Fsp3) is 0.211. The first-order valence-electron chi connectivity index (χ1n) is 7.75. The molecule has 3 aromatic rings. The molecule has 1 atom stereocenters. The molecule has 0 radical (unpaired) electrons. The van der Waals surface area contributed by atoms with Gasteiger partial charge in [0.15, 0.2) is 0 Å². The number of H-pyrrole nitrogens is 1. The van der Waals surface area contributed by atoms with E-state index in [-0.39, 0.29) is 5.91 Å². The lowest BCUT2D eigenvalue weighted by molar-refractivity contribution is 0.0951. The van der Waals surface area contributed by atoms with Gasteiger partial charge in [0.25, 0.3) is 5.91 Å². The highest BCUT2D eigenvalue weighted by atomic mass is 32.2. The maximum Gasteiger partial charge on any atom is 0.251 e. The van der Waals surface area contributed by atoms with Gasteiger partial charge in [0, 0.05) is 50.7 Å². The first kappa shape index (κ1) is 16.5. The Balaban J connectivity index is 1.71. The normalized spacial score (nSPS) is 12.3. The van der Waals surface area contributed by atoms with Crippen LogP contribution in [0.3, 0.4) is 0 Å². The molecular weight excluding hydrogens is 320 g/mol. The molecule has 0 aliphatic rings. The molecule has 0 spiro atoms. The molecule has 0 aliphatic carbocycles. The van der Waals surface area contributed by atoms with Crippen LogP contribution in [0.2, 0.25) is 0 Å². The number of aromatic amines is 1. The highest BCUT2D eigenvalue weighted by Gasteiger charge is 2.08. The third-order valence-corrected chi connectivity index (χ3v) is 5.21. The number of aromatic nitrogens is 1. The van der Waals surface area contributed by atoms with Crippen LogP contribution in [0.15, 0.2) is 47.4 Å². The Morgan fingerprint density at radius 3 is 2.50 bits per heavy atom. The van der Waals surface area contributed by atoms with E-state index in [0.717, 1.165) is 16.0 Å². The van der Waals surface area contributed by atoms with E-state index < -0.39 is 10.8 Å². The molecule has 1 aromatic heterocycles. The molecule has 124 valence electrons. The Bertz CT molecular complexity index is 926. The van der Waals surface area contributed by atoms with Gasteiger partial charge >= 0.3 is 0 Å². The van der Waals surface area contributed by atoms with Crippen molar-refractivity contribution in [1.82, 2.24) is 10.3 Å². The molecule has 0 aliphatic heterocycles. The van der Waals surface area contributed by atoms with E-state index >= 15 is 0 Å². The van der Waals surface area contributed by atoms with Crippen molar-refractivity contribution >= 4 is 27.6 Å². The molecule has 1 heterocycles. The van der Waals surface area contributed by atoms with Crippen molar-refractivity contribution in [2.45, 2.75) is 25.3 Å². The lowest BCUT2D eigenvalue weighted by atomic mass is 10.1. The van der Waals surface area contributed by atoms with E-state index in [2.05, 4.69) is 30.2 Å². The first-order chi connectivity index (χ1) is 11.5. The summed E-state index contributed by atoms with van der Waals surface area (Å²) in [6, 6.07) is 13.0. The fourth-order valence-corrected chi connectivity index (χ4v) is 3.22. The molecule has 4 nitrogen and oxygen atoms in total. The van der Waals surface area contributed by atoms with Gasteiger partial charge in [0.05, 0.1) is 0 Å². The van der Waals surface area contributed by atoms with Crippen LogP contribution >= 0.6 is 0 Å². The maximum atomic E-state index is 12.2. The van der Waals surface area contributed by atoms with Crippen molar-refractivity contribution in [2.24, 2.45) is 0 Å². The molecular formula is C19H20N2O2S. The van der Waals surface area contributed by atoms with Crippen molar-refractivity contribution in [2.75, 3.05) is 6.26 Å². The summed E-state index contributed by atoms with van der Waals surface area (Å²) in [5, 5.41) is 4.12. The minimum atomic E-state index is -1.03. The van der Waals surface area contributed by atoms with Gasteiger partial charge in [0.1, 0.15) is 0 Å². The van der Waals surface area contributed by atoms with Crippen LogP contribution in [0, 0.1) is 13.8 Å². The van der Waals surface area contributed by atoms with Crippen LogP contribution in [0.5, 0.6) is 0 Å². The predicted molar refractivity (Wildman–Crippen MR) is 97.7 cm³/mol. The van der Waals surface area contributed by atoms with Gasteiger partial charge in [-0.05, 0) is 61.4 Å². The van der Waals surface area contributed by atoms with Gasteiger partial charge in [0.2, 0.25) is 0 Å². The summed E-state index contributed by atoms with van der Waals surface area (Å²) in [7, 11) is -1.03. The lowest BCUT2D eigenvalue weighted by Crippen LogP contribution is -2.22. The van der Waals surface area contributed by atoms with Gasteiger partial charge in [-0.1, -0.05) is 6.07 Å². The lowest BCUT2D eigenvalue weighted by Gasteiger charge is -2.06. The summed E-state index contributed by atoms with van der Waals surface area (Å²) in [6.45, 7) is 4.62. The molecule has 2 N–H and O–H groups in total. The van der Waals surface area contributed by atoms with Crippen LogP contribution in [-0.2, 0) is 17.3 Å². The van der Waals surface area contributed by atoms with Crippen LogP contribution in [0.4, 0.5) is 0 Å². The molecule has 24 heavy (non-hydrogen) atoms. The third-order valence-electron chi connectivity index (χ3n) is 4.27. The van der Waals surface area contributed by atoms with Gasteiger partial charge in [-0.3, -0.25) is 9.00 Å². The van der Waals surface area contributed by atoms with Crippen LogP contribution in [0.25, 0.3) is 10.9 Å². The average Bonchev–Trinajstić information content (AvgIpc) is 2.87. The molecule has 0 saturated carbocycles. The quantitative estimate of drug-likeness (QED) is 0.764. The average molecular weight is 340 g/mol. The SMILES string of the molecule is Cc1[nH]c2ccc(CNC(=O)c3ccc([S@](C)=O)cc3)cc2c1C. The second-order valence-corrected chi connectivity index (χ2v) is 7.30. The van der Waals surface area contributed by atoms with Gasteiger partial charge in [-0.2, -0.15) is 0 Å². The largest absolute Gasteiger partial charge is 0.358 e. The molecule has 0 unspecified atom stereocenters. The van der Waals surface area contributed by atoms with E-state index in [1.807, 2.05) is 12.1 Å². The van der Waals surface area contributed by atoms with Crippen LogP contribution in [-0.4, -0.2) is 21.4 Å². The summed E-state index contributed by atoms with van der Waals surface area (Å²) in [5.74, 6) is -0.134. The van der Waals surface area contributed by atoms with E-state index in [0.29, 0.717) is 12.1 Å². The second-order valence-electron chi connectivity index (χ2n) is 5.92. The van der Waals surface area contributed by atoms with Crippen molar-refractivity contribution in [3.63, 3.8) is 0 Å². The number of nitrogens with one attached hydrogen (secondary N) is 2. The highest BCUT2D eigenvalue weighted by Crippen LogP contribution is 2.22. The highest BCUT2D eigenvalue weighted by molar-refractivity contribution is 7.84. The molecule has 0 fully saturated rings. The molecule has 3 rings (SSSR count). The Hall–Kier alpha value is -2.40.